The van der Waals surface area contributed by atoms with E-state index in [2.05, 4.69) is 16.1 Å². The van der Waals surface area contributed by atoms with E-state index in [4.69, 9.17) is 9.72 Å². The molecule has 2 fully saturated rings. The van der Waals surface area contributed by atoms with Crippen molar-refractivity contribution in [3.05, 3.63) is 41.6 Å². The number of cyclic esters (lactones) is 1. The maximum atomic E-state index is 14.0. The van der Waals surface area contributed by atoms with Gasteiger partial charge in [0, 0.05) is 17.3 Å². The van der Waals surface area contributed by atoms with Crippen LogP contribution >= 0.6 is 0 Å². The Bertz CT molecular complexity index is 1400. The highest BCUT2D eigenvalue weighted by Gasteiger charge is 2.43. The van der Waals surface area contributed by atoms with E-state index in [0.29, 0.717) is 63.6 Å². The largest absolute Gasteiger partial charge is 0.455 e. The topological polar surface area (TPSA) is 150 Å². The Morgan fingerprint density at radius 2 is 1.73 bits per heavy atom. The van der Waals surface area contributed by atoms with Gasteiger partial charge in [0.2, 0.25) is 11.8 Å². The fourth-order valence-corrected chi connectivity index (χ4v) is 6.55. The molecule has 2 aliphatic heterocycles. The highest BCUT2D eigenvalue weighted by Crippen LogP contribution is 2.41. The third kappa shape index (κ3) is 6.89. The van der Waals surface area contributed by atoms with Crippen molar-refractivity contribution in [2.45, 2.75) is 109 Å². The lowest BCUT2D eigenvalue weighted by atomic mass is 9.69. The van der Waals surface area contributed by atoms with E-state index in [1.54, 1.807) is 13.8 Å². The molecule has 1 saturated carbocycles. The number of hydrogen-bond acceptors (Lipinski definition) is 8. The second kappa shape index (κ2) is 13.2. The van der Waals surface area contributed by atoms with Crippen LogP contribution < -0.4 is 16.1 Å². The molecule has 5 bridgehead atoms. The minimum absolute atomic E-state index is 0.200. The van der Waals surface area contributed by atoms with Crippen molar-refractivity contribution in [2.24, 2.45) is 11.3 Å². The summed E-state index contributed by atoms with van der Waals surface area (Å²) in [6, 6.07) is 7.40. The average molecular weight is 608 g/mol. The van der Waals surface area contributed by atoms with Crippen LogP contribution in [0.25, 0.3) is 10.9 Å². The van der Waals surface area contributed by atoms with Crippen LogP contribution in [0.15, 0.2) is 30.3 Å². The number of aryl methyl sites for hydroxylation is 1. The fraction of sp³-hybridized carbons (Fsp3) is 0.606. The van der Waals surface area contributed by atoms with Gasteiger partial charge >= 0.3 is 5.97 Å². The third-order valence-electron chi connectivity index (χ3n) is 9.48. The van der Waals surface area contributed by atoms with Crippen molar-refractivity contribution in [3.63, 3.8) is 0 Å². The van der Waals surface area contributed by atoms with Crippen LogP contribution in [0.5, 0.6) is 0 Å². The van der Waals surface area contributed by atoms with Gasteiger partial charge in [-0.25, -0.2) is 10.4 Å². The van der Waals surface area contributed by atoms with E-state index >= 15 is 0 Å². The van der Waals surface area contributed by atoms with Gasteiger partial charge in [0.25, 0.3) is 5.91 Å². The lowest BCUT2D eigenvalue weighted by Gasteiger charge is -2.39. The molecule has 3 heterocycles. The van der Waals surface area contributed by atoms with E-state index in [-0.39, 0.29) is 17.7 Å². The van der Waals surface area contributed by atoms with E-state index in [1.165, 1.54) is 5.01 Å². The Hall–Kier alpha value is -3.57. The smallest absolute Gasteiger partial charge is 0.325 e. The molecule has 1 spiro atoms. The van der Waals surface area contributed by atoms with Gasteiger partial charge in [0.1, 0.15) is 24.2 Å². The number of esters is 1. The monoisotopic (exact) mass is 607 g/mol. The SMILES string of the molecule is CC(C)[C@@H]1NC(=O)[C@]2(CCc3ccc4ccc(nc4c3)[C@@H](C)OC(=O)[C@@H]3CCCN(N3)C(=O)[C@H](C)NC1=O)CC[C@@H](O)CC2. The maximum absolute atomic E-state index is 14.0. The number of fused-ring (bicyclic) bond motifs is 4. The highest BCUT2D eigenvalue weighted by atomic mass is 16.5. The fourth-order valence-electron chi connectivity index (χ4n) is 6.55. The molecule has 1 aromatic carbocycles. The number of aromatic nitrogens is 1. The first kappa shape index (κ1) is 31.8. The Morgan fingerprint density at radius 3 is 2.45 bits per heavy atom. The summed E-state index contributed by atoms with van der Waals surface area (Å²) in [6.45, 7) is 7.47. The number of carbonyl (C=O) groups excluding carboxylic acids is 4. The van der Waals surface area contributed by atoms with E-state index in [1.807, 2.05) is 44.2 Å². The number of pyridine rings is 1. The molecular formula is C33H45N5O6. The Kier molecular flexibility index (Phi) is 9.55. The van der Waals surface area contributed by atoms with E-state index in [9.17, 15) is 24.3 Å². The van der Waals surface area contributed by atoms with Crippen molar-refractivity contribution < 1.29 is 29.0 Å². The molecule has 4 atom stereocenters. The van der Waals surface area contributed by atoms with Crippen LogP contribution in [0.1, 0.15) is 90.0 Å². The second-order valence-corrected chi connectivity index (χ2v) is 13.1. The van der Waals surface area contributed by atoms with Gasteiger partial charge in [0.15, 0.2) is 0 Å². The van der Waals surface area contributed by atoms with Crippen LogP contribution in [0.2, 0.25) is 0 Å². The zero-order valence-electron chi connectivity index (χ0n) is 26.1. The van der Waals surface area contributed by atoms with Crippen LogP contribution in [-0.4, -0.2) is 69.6 Å². The van der Waals surface area contributed by atoms with Crippen LogP contribution in [0.3, 0.4) is 0 Å². The summed E-state index contributed by atoms with van der Waals surface area (Å²) in [6.07, 6.45) is 3.26. The molecule has 44 heavy (non-hydrogen) atoms. The van der Waals surface area contributed by atoms with Crippen LogP contribution in [0.4, 0.5) is 0 Å². The second-order valence-electron chi connectivity index (χ2n) is 13.1. The summed E-state index contributed by atoms with van der Waals surface area (Å²) in [7, 11) is 0. The van der Waals surface area contributed by atoms with Gasteiger partial charge in [-0.3, -0.25) is 24.2 Å². The quantitative estimate of drug-likeness (QED) is 0.362. The minimum atomic E-state index is -0.892. The summed E-state index contributed by atoms with van der Waals surface area (Å²) < 4.78 is 5.80. The van der Waals surface area contributed by atoms with Gasteiger partial charge < -0.3 is 20.5 Å². The summed E-state index contributed by atoms with van der Waals surface area (Å²) in [5.41, 5.74) is 4.65. The average Bonchev–Trinajstić information content (AvgIpc) is 3.01. The zero-order valence-corrected chi connectivity index (χ0v) is 26.1. The Balaban J connectivity index is 1.49. The highest BCUT2D eigenvalue weighted by molar-refractivity contribution is 5.93. The van der Waals surface area contributed by atoms with Crippen molar-refractivity contribution >= 4 is 34.6 Å². The predicted molar refractivity (Wildman–Crippen MR) is 164 cm³/mol. The number of hydrazine groups is 1. The molecular weight excluding hydrogens is 562 g/mol. The van der Waals surface area contributed by atoms with Gasteiger partial charge in [-0.15, -0.1) is 0 Å². The number of amides is 3. The molecule has 0 radical (unpaired) electrons. The number of nitrogens with one attached hydrogen (secondary N) is 3. The molecule has 11 nitrogen and oxygen atoms in total. The molecule has 0 unspecified atom stereocenters. The van der Waals surface area contributed by atoms with Crippen molar-refractivity contribution in [2.75, 3.05) is 6.54 Å². The maximum Gasteiger partial charge on any atom is 0.325 e. The molecule has 11 heteroatoms. The van der Waals surface area contributed by atoms with Gasteiger partial charge in [-0.1, -0.05) is 32.0 Å². The Labute approximate surface area is 258 Å². The molecule has 2 aromatic rings. The van der Waals surface area contributed by atoms with Gasteiger partial charge in [0.05, 0.1) is 17.3 Å². The van der Waals surface area contributed by atoms with E-state index in [0.717, 1.165) is 16.5 Å². The van der Waals surface area contributed by atoms with Crippen molar-refractivity contribution in [1.82, 2.24) is 26.1 Å². The zero-order chi connectivity index (χ0) is 31.6. The molecule has 3 aliphatic rings. The summed E-state index contributed by atoms with van der Waals surface area (Å²) in [4.78, 5) is 58.8. The van der Waals surface area contributed by atoms with Crippen LogP contribution in [0, 0.1) is 11.3 Å². The number of carbonyl (C=O) groups is 4. The summed E-state index contributed by atoms with van der Waals surface area (Å²) in [5.74, 6) is -1.73. The molecule has 1 aromatic heterocycles. The van der Waals surface area contributed by atoms with E-state index < -0.39 is 47.6 Å². The number of aliphatic hydroxyl groups is 1. The van der Waals surface area contributed by atoms with Gasteiger partial charge in [-0.05, 0) is 88.8 Å². The number of nitrogens with zero attached hydrogens (tertiary/aromatic N) is 2. The van der Waals surface area contributed by atoms with Crippen LogP contribution in [-0.2, 0) is 30.3 Å². The standard InChI is InChI=1S/C33H45N5O6/c1-19(2)28-29(40)34-20(3)30(41)38-17-5-6-26(37-38)31(42)44-21(4)25-10-9-23-8-7-22(18-27(23)35-25)11-14-33(32(43)36-28)15-12-24(39)13-16-33/h7-10,18-21,24,26,28,37,39H,5-6,11-17H2,1-4H3,(H,34,40)(H,36,43)/t20-,21+,24-,26-,28-,33-/m0/s1. The van der Waals surface area contributed by atoms with Crippen molar-refractivity contribution in [3.8, 4) is 0 Å². The molecule has 1 aliphatic carbocycles. The normalized spacial score (nSPS) is 31.1. The van der Waals surface area contributed by atoms with Gasteiger partial charge in [-0.2, -0.15) is 0 Å². The summed E-state index contributed by atoms with van der Waals surface area (Å²) in [5, 5.41) is 18.4. The number of benzene rings is 1. The number of hydrogen-bond donors (Lipinski definition) is 4. The molecule has 5 rings (SSSR count). The lowest BCUT2D eigenvalue weighted by Crippen LogP contribution is -2.61. The first-order valence-corrected chi connectivity index (χ1v) is 15.9. The molecule has 238 valence electrons. The number of ether oxygens (including phenoxy) is 1. The first-order chi connectivity index (χ1) is 21.0. The minimum Gasteiger partial charge on any atom is -0.455 e. The third-order valence-corrected chi connectivity index (χ3v) is 9.48. The summed E-state index contributed by atoms with van der Waals surface area (Å²) >= 11 is 0. The van der Waals surface area contributed by atoms with Crippen molar-refractivity contribution in [1.29, 1.82) is 0 Å². The predicted octanol–water partition coefficient (Wildman–Crippen LogP) is 2.85. The first-order valence-electron chi connectivity index (χ1n) is 15.9. The Morgan fingerprint density at radius 1 is 1.00 bits per heavy atom. The number of rotatable bonds is 1. The molecule has 3 amide bonds. The molecule has 4 N–H and O–H groups in total. The number of aliphatic hydroxyl groups excluding tert-OH is 1. The molecule has 1 saturated heterocycles. The lowest BCUT2D eigenvalue weighted by molar-refractivity contribution is -0.157.